The van der Waals surface area contributed by atoms with Crippen LogP contribution < -0.4 is 5.32 Å². The number of hydrogen-bond acceptors (Lipinski definition) is 6. The number of esters is 1. The standard InChI is InChI=1S/C31H28ClN3O3S/c1-3-38-30(37)27-28(22-12-8-5-9-13-22)34-31-35(29(27)23-14-16-24(32)17-15-23)25(19-39-31)18-26(36)33-20(2)21-10-6-4-7-11-21/h4-17,19-20,29H,3,18H2,1-2H3,(H,33,36). The van der Waals surface area contributed by atoms with Crippen molar-refractivity contribution in [3.8, 4) is 0 Å². The zero-order valence-corrected chi connectivity index (χ0v) is 23.2. The van der Waals surface area contributed by atoms with Gasteiger partial charge in [-0.3, -0.25) is 4.79 Å². The van der Waals surface area contributed by atoms with Crippen LogP contribution in [0.2, 0.25) is 5.02 Å². The van der Waals surface area contributed by atoms with Crippen molar-refractivity contribution in [1.82, 2.24) is 10.2 Å². The number of carbonyl (C=O) groups is 2. The Kier molecular flexibility index (Phi) is 8.19. The van der Waals surface area contributed by atoms with Gasteiger partial charge in [0.25, 0.3) is 0 Å². The molecule has 0 bridgehead atoms. The number of amides is 1. The van der Waals surface area contributed by atoms with E-state index in [-0.39, 0.29) is 25.0 Å². The lowest BCUT2D eigenvalue weighted by Crippen LogP contribution is -2.38. The number of aliphatic imine (C=N–C) groups is 1. The molecule has 3 aromatic carbocycles. The fourth-order valence-corrected chi connectivity index (χ4v) is 5.78. The van der Waals surface area contributed by atoms with Gasteiger partial charge in [-0.25, -0.2) is 9.79 Å². The summed E-state index contributed by atoms with van der Waals surface area (Å²) in [7, 11) is 0. The van der Waals surface area contributed by atoms with Crippen LogP contribution in [0.4, 0.5) is 0 Å². The average Bonchev–Trinajstić information content (AvgIpc) is 3.35. The van der Waals surface area contributed by atoms with Crippen molar-refractivity contribution >= 4 is 46.1 Å². The van der Waals surface area contributed by atoms with E-state index in [1.54, 1.807) is 19.1 Å². The first kappa shape index (κ1) is 26.8. The molecule has 1 N–H and O–H groups in total. The molecule has 2 aliphatic rings. The number of nitrogens with zero attached hydrogens (tertiary/aromatic N) is 2. The Morgan fingerprint density at radius 1 is 1.03 bits per heavy atom. The average molecular weight is 558 g/mol. The number of carbonyl (C=O) groups excluding carboxylic acids is 2. The van der Waals surface area contributed by atoms with Crippen LogP contribution in [0.25, 0.3) is 5.70 Å². The summed E-state index contributed by atoms with van der Waals surface area (Å²) in [5.41, 5.74) is 4.42. The molecule has 2 unspecified atom stereocenters. The molecule has 1 amide bonds. The van der Waals surface area contributed by atoms with E-state index in [4.69, 9.17) is 21.3 Å². The van der Waals surface area contributed by atoms with Crippen LogP contribution in [0.5, 0.6) is 0 Å². The topological polar surface area (TPSA) is 71.0 Å². The van der Waals surface area contributed by atoms with Crippen LogP contribution in [0.15, 0.2) is 107 Å². The minimum absolute atomic E-state index is 0.121. The van der Waals surface area contributed by atoms with Gasteiger partial charge in [0.1, 0.15) is 0 Å². The number of hydrogen-bond donors (Lipinski definition) is 1. The first-order valence-corrected chi connectivity index (χ1v) is 14.0. The van der Waals surface area contributed by atoms with Crippen molar-refractivity contribution in [2.75, 3.05) is 6.61 Å². The van der Waals surface area contributed by atoms with Crippen LogP contribution in [0.3, 0.4) is 0 Å². The number of thioether (sulfide) groups is 1. The zero-order valence-electron chi connectivity index (χ0n) is 21.6. The maximum Gasteiger partial charge on any atom is 0.338 e. The van der Waals surface area contributed by atoms with E-state index in [0.29, 0.717) is 21.5 Å². The van der Waals surface area contributed by atoms with Gasteiger partial charge in [0.2, 0.25) is 5.91 Å². The summed E-state index contributed by atoms with van der Waals surface area (Å²) < 4.78 is 5.55. The normalized spacial score (nSPS) is 17.2. The highest BCUT2D eigenvalue weighted by molar-refractivity contribution is 8.16. The minimum atomic E-state index is -0.551. The van der Waals surface area contributed by atoms with Gasteiger partial charge in [-0.05, 0) is 42.5 Å². The van der Waals surface area contributed by atoms with Gasteiger partial charge in [-0.15, -0.1) is 0 Å². The van der Waals surface area contributed by atoms with Gasteiger partial charge < -0.3 is 15.0 Å². The lowest BCUT2D eigenvalue weighted by molar-refractivity contribution is -0.139. The largest absolute Gasteiger partial charge is 0.463 e. The molecule has 2 heterocycles. The molecule has 3 aromatic rings. The molecule has 0 aliphatic carbocycles. The second-order valence-electron chi connectivity index (χ2n) is 9.17. The molecule has 2 atom stereocenters. The van der Waals surface area contributed by atoms with Gasteiger partial charge in [0.05, 0.1) is 36.4 Å². The molecule has 0 radical (unpaired) electrons. The molecule has 8 heteroatoms. The minimum Gasteiger partial charge on any atom is -0.463 e. The SMILES string of the molecule is CCOC(=O)C1=C(c2ccccc2)N=C2SC=C(CC(=O)NC(C)c3ccccc3)N2C1c1ccc(Cl)cc1. The molecule has 0 aromatic heterocycles. The second-order valence-corrected chi connectivity index (χ2v) is 10.4. The third-order valence-corrected chi connectivity index (χ3v) is 7.70. The molecule has 39 heavy (non-hydrogen) atoms. The second kappa shape index (κ2) is 11.9. The molecular weight excluding hydrogens is 530 g/mol. The monoisotopic (exact) mass is 557 g/mol. The molecule has 198 valence electrons. The summed E-state index contributed by atoms with van der Waals surface area (Å²) in [5.74, 6) is -0.567. The summed E-state index contributed by atoms with van der Waals surface area (Å²) in [6.45, 7) is 3.97. The van der Waals surface area contributed by atoms with Crippen molar-refractivity contribution in [1.29, 1.82) is 0 Å². The molecule has 0 spiro atoms. The molecule has 5 rings (SSSR count). The highest BCUT2D eigenvalue weighted by Crippen LogP contribution is 2.47. The Bertz CT molecular complexity index is 1450. The van der Waals surface area contributed by atoms with Gasteiger partial charge in [0, 0.05) is 16.3 Å². The van der Waals surface area contributed by atoms with Crippen molar-refractivity contribution in [3.05, 3.63) is 123 Å². The Hall–Kier alpha value is -3.81. The molecule has 2 aliphatic heterocycles. The van der Waals surface area contributed by atoms with E-state index >= 15 is 0 Å². The first-order chi connectivity index (χ1) is 19.0. The van der Waals surface area contributed by atoms with E-state index in [0.717, 1.165) is 22.4 Å². The van der Waals surface area contributed by atoms with Crippen LogP contribution in [0.1, 0.15) is 49.0 Å². The van der Waals surface area contributed by atoms with E-state index in [1.165, 1.54) is 11.8 Å². The van der Waals surface area contributed by atoms with Crippen LogP contribution >= 0.6 is 23.4 Å². The Balaban J connectivity index is 1.53. The summed E-state index contributed by atoms with van der Waals surface area (Å²) in [6, 6.07) is 26.1. The number of fused-ring (bicyclic) bond motifs is 1. The van der Waals surface area contributed by atoms with Gasteiger partial charge in [-0.2, -0.15) is 0 Å². The van der Waals surface area contributed by atoms with Gasteiger partial charge in [-0.1, -0.05) is 96.2 Å². The summed E-state index contributed by atoms with van der Waals surface area (Å²) in [5, 5.41) is 6.32. The van der Waals surface area contributed by atoms with E-state index in [9.17, 15) is 9.59 Å². The maximum absolute atomic E-state index is 13.5. The summed E-state index contributed by atoms with van der Waals surface area (Å²) in [4.78, 5) is 33.6. The molecule has 0 saturated carbocycles. The summed E-state index contributed by atoms with van der Waals surface area (Å²) >= 11 is 7.66. The number of halogens is 1. The fraction of sp³-hybridized carbons (Fsp3) is 0.194. The molecule has 0 saturated heterocycles. The van der Waals surface area contributed by atoms with Crippen LogP contribution in [0, 0.1) is 0 Å². The van der Waals surface area contributed by atoms with Crippen LogP contribution in [-0.2, 0) is 14.3 Å². The predicted molar refractivity (Wildman–Crippen MR) is 157 cm³/mol. The predicted octanol–water partition coefficient (Wildman–Crippen LogP) is 6.88. The number of rotatable bonds is 8. The molecule has 0 fully saturated rings. The summed E-state index contributed by atoms with van der Waals surface area (Å²) in [6.07, 6.45) is 0.129. The fourth-order valence-electron chi connectivity index (χ4n) is 4.73. The van der Waals surface area contributed by atoms with Gasteiger partial charge >= 0.3 is 5.97 Å². The Morgan fingerprint density at radius 2 is 1.69 bits per heavy atom. The van der Waals surface area contributed by atoms with Crippen molar-refractivity contribution in [2.45, 2.75) is 32.4 Å². The van der Waals surface area contributed by atoms with Gasteiger partial charge in [0.15, 0.2) is 5.17 Å². The lowest BCUT2D eigenvalue weighted by Gasteiger charge is -2.37. The quantitative estimate of drug-likeness (QED) is 0.306. The van der Waals surface area contributed by atoms with Crippen molar-refractivity contribution in [3.63, 3.8) is 0 Å². The van der Waals surface area contributed by atoms with E-state index in [1.807, 2.05) is 90.0 Å². The van der Waals surface area contributed by atoms with Crippen LogP contribution in [-0.4, -0.2) is 28.6 Å². The Morgan fingerprint density at radius 3 is 2.36 bits per heavy atom. The molecule has 6 nitrogen and oxygen atoms in total. The zero-order chi connectivity index (χ0) is 27.4. The third kappa shape index (κ3) is 5.79. The first-order valence-electron chi connectivity index (χ1n) is 12.8. The van der Waals surface area contributed by atoms with Crippen molar-refractivity contribution < 1.29 is 14.3 Å². The Labute approximate surface area is 237 Å². The van der Waals surface area contributed by atoms with E-state index < -0.39 is 12.0 Å². The highest BCUT2D eigenvalue weighted by atomic mass is 35.5. The van der Waals surface area contributed by atoms with E-state index in [2.05, 4.69) is 5.32 Å². The number of ether oxygens (including phenoxy) is 1. The maximum atomic E-state index is 13.5. The highest BCUT2D eigenvalue weighted by Gasteiger charge is 2.42. The smallest absolute Gasteiger partial charge is 0.338 e. The lowest BCUT2D eigenvalue weighted by atomic mass is 9.91. The number of benzene rings is 3. The van der Waals surface area contributed by atoms with Crippen molar-refractivity contribution in [2.24, 2.45) is 4.99 Å². The molecular formula is C31H28ClN3O3S. The number of nitrogens with one attached hydrogen (secondary N) is 1. The number of amidine groups is 1. The third-order valence-electron chi connectivity index (χ3n) is 6.56.